The van der Waals surface area contributed by atoms with Crippen LogP contribution < -0.4 is 14.2 Å². The van der Waals surface area contributed by atoms with Crippen molar-refractivity contribution in [2.75, 3.05) is 14.2 Å². The monoisotopic (exact) mass is 395 g/mol. The van der Waals surface area contributed by atoms with Gasteiger partial charge < -0.3 is 9.47 Å². The van der Waals surface area contributed by atoms with Crippen molar-refractivity contribution in [1.82, 2.24) is 4.72 Å². The third-order valence-corrected chi connectivity index (χ3v) is 6.01. The van der Waals surface area contributed by atoms with Crippen LogP contribution >= 0.6 is 0 Å². The molecule has 2 aromatic rings. The Morgan fingerprint density at radius 1 is 0.963 bits per heavy atom. The third-order valence-electron chi connectivity index (χ3n) is 4.47. The van der Waals surface area contributed by atoms with Crippen molar-refractivity contribution < 1.29 is 22.3 Å². The number of benzene rings is 2. The molecule has 148 valence electrons. The molecule has 0 amide bonds. The lowest BCUT2D eigenvalue weighted by atomic mass is 9.94. The fourth-order valence-corrected chi connectivity index (χ4v) is 4.22. The van der Waals surface area contributed by atoms with Gasteiger partial charge in [0.05, 0.1) is 19.1 Å². The highest BCUT2D eigenvalue weighted by atomic mass is 32.2. The summed E-state index contributed by atoms with van der Waals surface area (Å²) in [5.41, 5.74) is 2.75. The first-order valence-corrected chi connectivity index (χ1v) is 10.1. The van der Waals surface area contributed by atoms with Crippen molar-refractivity contribution in [2.45, 2.75) is 44.6 Å². The lowest BCUT2D eigenvalue weighted by Crippen LogP contribution is -2.27. The van der Waals surface area contributed by atoms with Gasteiger partial charge in [0.25, 0.3) is 0 Å². The van der Waals surface area contributed by atoms with E-state index in [9.17, 15) is 12.8 Å². The van der Waals surface area contributed by atoms with Crippen LogP contribution in [-0.2, 0) is 10.0 Å². The van der Waals surface area contributed by atoms with E-state index in [2.05, 4.69) is 4.72 Å². The Hall–Kier alpha value is -2.12. The standard InChI is InChI=1S/C20H26FNO4S/c1-12(2)16-11-17(13(3)9-20(16)26-6)14(4)22-27(23,24)15-7-8-19(25-5)18(21)10-15/h7-12,14,22H,1-6H3/t14-/m0/s1. The molecule has 0 bridgehead atoms. The van der Waals surface area contributed by atoms with Crippen molar-refractivity contribution in [2.24, 2.45) is 0 Å². The molecule has 0 saturated heterocycles. The van der Waals surface area contributed by atoms with Gasteiger partial charge in [-0.1, -0.05) is 13.8 Å². The minimum Gasteiger partial charge on any atom is -0.496 e. The molecular weight excluding hydrogens is 369 g/mol. The summed E-state index contributed by atoms with van der Waals surface area (Å²) >= 11 is 0. The van der Waals surface area contributed by atoms with Crippen LogP contribution in [0.3, 0.4) is 0 Å². The summed E-state index contributed by atoms with van der Waals surface area (Å²) in [6.07, 6.45) is 0. The van der Waals surface area contributed by atoms with Crippen LogP contribution in [0, 0.1) is 12.7 Å². The van der Waals surface area contributed by atoms with Gasteiger partial charge in [-0.15, -0.1) is 0 Å². The summed E-state index contributed by atoms with van der Waals surface area (Å²) in [5.74, 6) is 0.266. The van der Waals surface area contributed by atoms with Crippen LogP contribution in [0.25, 0.3) is 0 Å². The Kier molecular flexibility index (Phi) is 6.49. The van der Waals surface area contributed by atoms with E-state index < -0.39 is 21.9 Å². The molecule has 0 aliphatic carbocycles. The van der Waals surface area contributed by atoms with Crippen LogP contribution in [0.5, 0.6) is 11.5 Å². The molecule has 1 atom stereocenters. The van der Waals surface area contributed by atoms with Crippen molar-refractivity contribution in [3.05, 3.63) is 52.8 Å². The SMILES string of the molecule is COc1ccc(S(=O)(=O)N[C@@H](C)c2cc(C(C)C)c(OC)cc2C)cc1F. The Morgan fingerprint density at radius 3 is 2.11 bits per heavy atom. The minimum atomic E-state index is -3.90. The van der Waals surface area contributed by atoms with E-state index in [0.717, 1.165) is 28.5 Å². The summed E-state index contributed by atoms with van der Waals surface area (Å²) < 4.78 is 52.1. The molecule has 0 heterocycles. The van der Waals surface area contributed by atoms with E-state index in [1.54, 1.807) is 14.0 Å². The second-order valence-electron chi connectivity index (χ2n) is 6.74. The minimum absolute atomic E-state index is 0.00503. The number of nitrogens with one attached hydrogen (secondary N) is 1. The first kappa shape index (κ1) is 21.2. The van der Waals surface area contributed by atoms with Gasteiger partial charge >= 0.3 is 0 Å². The van der Waals surface area contributed by atoms with E-state index in [4.69, 9.17) is 9.47 Å². The number of rotatable bonds is 7. The predicted molar refractivity (Wildman–Crippen MR) is 104 cm³/mol. The van der Waals surface area contributed by atoms with Gasteiger partial charge in [-0.25, -0.2) is 17.5 Å². The molecule has 0 spiro atoms. The first-order chi connectivity index (χ1) is 12.6. The zero-order valence-electron chi connectivity index (χ0n) is 16.5. The summed E-state index contributed by atoms with van der Waals surface area (Å²) in [7, 11) is -0.957. The number of hydrogen-bond donors (Lipinski definition) is 1. The normalized spacial score (nSPS) is 12.9. The molecule has 0 aliphatic rings. The molecule has 0 aliphatic heterocycles. The van der Waals surface area contributed by atoms with Crippen molar-refractivity contribution >= 4 is 10.0 Å². The van der Waals surface area contributed by atoms with Crippen LogP contribution in [0.4, 0.5) is 4.39 Å². The molecule has 27 heavy (non-hydrogen) atoms. The number of halogens is 1. The highest BCUT2D eigenvalue weighted by Gasteiger charge is 2.22. The largest absolute Gasteiger partial charge is 0.496 e. The molecule has 0 saturated carbocycles. The maximum atomic E-state index is 13.9. The van der Waals surface area contributed by atoms with Gasteiger partial charge in [0.1, 0.15) is 5.75 Å². The summed E-state index contributed by atoms with van der Waals surface area (Å²) in [6, 6.07) is 6.93. The van der Waals surface area contributed by atoms with Gasteiger partial charge in [-0.05, 0) is 66.8 Å². The average molecular weight is 395 g/mol. The van der Waals surface area contributed by atoms with Crippen LogP contribution in [-0.4, -0.2) is 22.6 Å². The summed E-state index contributed by atoms with van der Waals surface area (Å²) in [6.45, 7) is 7.76. The average Bonchev–Trinajstić information content (AvgIpc) is 2.60. The number of sulfonamides is 1. The van der Waals surface area contributed by atoms with Gasteiger partial charge in [0.15, 0.2) is 11.6 Å². The molecule has 0 fully saturated rings. The Labute approximate surface area is 160 Å². The molecule has 2 aromatic carbocycles. The lowest BCUT2D eigenvalue weighted by Gasteiger charge is -2.21. The van der Waals surface area contributed by atoms with Crippen LogP contribution in [0.1, 0.15) is 49.4 Å². The lowest BCUT2D eigenvalue weighted by molar-refractivity contribution is 0.385. The van der Waals surface area contributed by atoms with E-state index >= 15 is 0 Å². The van der Waals surface area contributed by atoms with Crippen LogP contribution in [0.15, 0.2) is 35.2 Å². The van der Waals surface area contributed by atoms with Gasteiger partial charge in [-0.3, -0.25) is 0 Å². The maximum Gasteiger partial charge on any atom is 0.241 e. The van der Waals surface area contributed by atoms with Crippen molar-refractivity contribution in [3.63, 3.8) is 0 Å². The number of methoxy groups -OCH3 is 2. The molecule has 2 rings (SSSR count). The number of hydrogen-bond acceptors (Lipinski definition) is 4. The Bertz CT molecular complexity index is 926. The van der Waals surface area contributed by atoms with Crippen LogP contribution in [0.2, 0.25) is 0 Å². The molecule has 5 nitrogen and oxygen atoms in total. The molecule has 0 unspecified atom stereocenters. The third kappa shape index (κ3) is 4.59. The molecule has 1 N–H and O–H groups in total. The summed E-state index contributed by atoms with van der Waals surface area (Å²) in [4.78, 5) is -0.150. The molecule has 7 heteroatoms. The maximum absolute atomic E-state index is 13.9. The smallest absolute Gasteiger partial charge is 0.241 e. The fourth-order valence-electron chi connectivity index (χ4n) is 2.99. The fraction of sp³-hybridized carbons (Fsp3) is 0.400. The van der Waals surface area contributed by atoms with E-state index in [1.165, 1.54) is 19.2 Å². The summed E-state index contributed by atoms with van der Waals surface area (Å²) in [5, 5.41) is 0. The topological polar surface area (TPSA) is 64.6 Å². The number of ether oxygens (including phenoxy) is 2. The second kappa shape index (κ2) is 8.27. The quantitative estimate of drug-likeness (QED) is 0.759. The van der Waals surface area contributed by atoms with Crippen molar-refractivity contribution in [3.8, 4) is 11.5 Å². The van der Waals surface area contributed by atoms with Gasteiger partial charge in [0, 0.05) is 6.04 Å². The van der Waals surface area contributed by atoms with E-state index in [1.807, 2.05) is 32.9 Å². The first-order valence-electron chi connectivity index (χ1n) is 8.65. The highest BCUT2D eigenvalue weighted by molar-refractivity contribution is 7.89. The second-order valence-corrected chi connectivity index (χ2v) is 8.46. The molecular formula is C20H26FNO4S. The Balaban J connectivity index is 2.37. The van der Waals surface area contributed by atoms with Gasteiger partial charge in [-0.2, -0.15) is 0 Å². The highest BCUT2D eigenvalue weighted by Crippen LogP contribution is 2.32. The van der Waals surface area contributed by atoms with Gasteiger partial charge in [0.2, 0.25) is 10.0 Å². The van der Waals surface area contributed by atoms with Crippen molar-refractivity contribution in [1.29, 1.82) is 0 Å². The Morgan fingerprint density at radius 2 is 1.59 bits per heavy atom. The van der Waals surface area contributed by atoms with E-state index in [-0.39, 0.29) is 16.6 Å². The predicted octanol–water partition coefficient (Wildman–Crippen LogP) is 4.31. The number of aryl methyl sites for hydroxylation is 1. The molecule has 0 aromatic heterocycles. The zero-order chi connectivity index (χ0) is 20.4. The van der Waals surface area contributed by atoms with E-state index in [0.29, 0.717) is 0 Å². The molecule has 0 radical (unpaired) electrons. The zero-order valence-corrected chi connectivity index (χ0v) is 17.3.